The van der Waals surface area contributed by atoms with Gasteiger partial charge in [-0.2, -0.15) is 0 Å². The van der Waals surface area contributed by atoms with Crippen molar-refractivity contribution in [2.24, 2.45) is 0 Å². The van der Waals surface area contributed by atoms with Gasteiger partial charge in [0.2, 0.25) is 6.79 Å². The summed E-state index contributed by atoms with van der Waals surface area (Å²) in [5, 5.41) is 3.47. The Labute approximate surface area is 155 Å². The van der Waals surface area contributed by atoms with Crippen LogP contribution in [0, 0.1) is 0 Å². The van der Waals surface area contributed by atoms with Gasteiger partial charge in [0, 0.05) is 19.2 Å². The highest BCUT2D eigenvalue weighted by atomic mass is 32.2. The lowest BCUT2D eigenvalue weighted by Crippen LogP contribution is -2.42. The van der Waals surface area contributed by atoms with Crippen LogP contribution in [0.25, 0.3) is 0 Å². The number of furan rings is 1. The van der Waals surface area contributed by atoms with Crippen LogP contribution in [-0.2, 0) is 19.4 Å². The minimum absolute atomic E-state index is 0.0135. The second kappa shape index (κ2) is 7.70. The molecule has 9 nitrogen and oxygen atoms in total. The summed E-state index contributed by atoms with van der Waals surface area (Å²) in [5.74, 6) is -0.844. The Morgan fingerprint density at radius 2 is 1.85 bits per heavy atom. The van der Waals surface area contributed by atoms with Crippen molar-refractivity contribution in [2.45, 2.75) is 17.1 Å². The topological polar surface area (TPSA) is 124 Å². The lowest BCUT2D eigenvalue weighted by molar-refractivity contribution is -0.139. The fraction of sp³-hybridized carbons (Fsp3) is 0.294. The Bertz CT molecular complexity index is 938. The van der Waals surface area contributed by atoms with E-state index < -0.39 is 26.9 Å². The molecule has 2 aromatic rings. The van der Waals surface area contributed by atoms with E-state index in [1.54, 1.807) is 13.0 Å². The van der Waals surface area contributed by atoms with Crippen molar-refractivity contribution < 1.29 is 31.9 Å². The van der Waals surface area contributed by atoms with Gasteiger partial charge in [-0.15, -0.1) is 0 Å². The monoisotopic (exact) mass is 394 g/mol. The summed E-state index contributed by atoms with van der Waals surface area (Å²) in [5.41, 5.74) is 0. The van der Waals surface area contributed by atoms with Gasteiger partial charge in [-0.1, -0.05) is 0 Å². The number of amides is 2. The van der Waals surface area contributed by atoms with E-state index in [0.717, 1.165) is 0 Å². The molecule has 144 valence electrons. The highest BCUT2D eigenvalue weighted by Gasteiger charge is 2.33. The Hall–Kier alpha value is -3.01. The van der Waals surface area contributed by atoms with Gasteiger partial charge in [-0.25, -0.2) is 8.42 Å². The third-order valence-electron chi connectivity index (χ3n) is 3.90. The Morgan fingerprint density at radius 3 is 2.56 bits per heavy atom. The molecule has 0 unspecified atom stereocenters. The maximum atomic E-state index is 13.1. The standard InChI is InChI=1S/C17H18N2O7S/c1-2-18-16(20)17(21)19-9-15(13-4-3-7-24-13)27(22,23)11-5-6-12-14(8-11)26-10-25-12/h3-8,15H,2,9-10H2,1H3,(H,18,20)(H,19,21)/t15-/m1/s1. The quantitative estimate of drug-likeness (QED) is 0.694. The van der Waals surface area contributed by atoms with Crippen LogP contribution in [0.1, 0.15) is 17.9 Å². The molecule has 1 aliphatic heterocycles. The summed E-state index contributed by atoms with van der Waals surface area (Å²) in [6.45, 7) is 1.63. The van der Waals surface area contributed by atoms with Gasteiger partial charge in [0.05, 0.1) is 11.2 Å². The first-order valence-corrected chi connectivity index (χ1v) is 9.71. The van der Waals surface area contributed by atoms with Gasteiger partial charge < -0.3 is 24.5 Å². The van der Waals surface area contributed by atoms with Crippen LogP contribution < -0.4 is 20.1 Å². The molecular formula is C17H18N2O7S. The van der Waals surface area contributed by atoms with Gasteiger partial charge in [0.1, 0.15) is 11.0 Å². The number of ether oxygens (including phenoxy) is 2. The molecule has 0 bridgehead atoms. The summed E-state index contributed by atoms with van der Waals surface area (Å²) in [4.78, 5) is 23.4. The smallest absolute Gasteiger partial charge is 0.309 e. The van der Waals surface area contributed by atoms with E-state index in [-0.39, 0.29) is 30.5 Å². The molecular weight excluding hydrogens is 376 g/mol. The van der Waals surface area contributed by atoms with Gasteiger partial charge in [-0.3, -0.25) is 9.59 Å². The van der Waals surface area contributed by atoms with Crippen LogP contribution in [0.2, 0.25) is 0 Å². The molecule has 0 saturated carbocycles. The second-order valence-electron chi connectivity index (χ2n) is 5.63. The summed E-state index contributed by atoms with van der Waals surface area (Å²) < 4.78 is 41.9. The second-order valence-corrected chi connectivity index (χ2v) is 7.76. The van der Waals surface area contributed by atoms with Gasteiger partial charge in [-0.05, 0) is 31.2 Å². The number of carbonyl (C=O) groups excluding carboxylic acids is 2. The number of carbonyl (C=O) groups is 2. The molecule has 1 aliphatic rings. The van der Waals surface area contributed by atoms with E-state index >= 15 is 0 Å². The van der Waals surface area contributed by atoms with E-state index in [0.29, 0.717) is 11.5 Å². The zero-order valence-corrected chi connectivity index (χ0v) is 15.2. The number of benzene rings is 1. The molecule has 0 fully saturated rings. The third-order valence-corrected chi connectivity index (χ3v) is 5.96. The molecule has 3 rings (SSSR count). The van der Waals surface area contributed by atoms with Crippen molar-refractivity contribution in [3.63, 3.8) is 0 Å². The maximum absolute atomic E-state index is 13.1. The first kappa shape index (κ1) is 18.8. The van der Waals surface area contributed by atoms with Crippen LogP contribution in [0.4, 0.5) is 0 Å². The van der Waals surface area contributed by atoms with Crippen molar-refractivity contribution in [1.82, 2.24) is 10.6 Å². The van der Waals surface area contributed by atoms with Crippen molar-refractivity contribution in [2.75, 3.05) is 19.9 Å². The molecule has 0 radical (unpaired) electrons. The first-order valence-electron chi connectivity index (χ1n) is 8.16. The van der Waals surface area contributed by atoms with Crippen molar-refractivity contribution in [1.29, 1.82) is 0 Å². The Kier molecular flexibility index (Phi) is 5.36. The highest BCUT2D eigenvalue weighted by Crippen LogP contribution is 2.37. The number of likely N-dealkylation sites (N-methyl/N-ethyl adjacent to an activating group) is 1. The number of hydrogen-bond acceptors (Lipinski definition) is 7. The molecule has 1 atom stereocenters. The maximum Gasteiger partial charge on any atom is 0.309 e. The summed E-state index contributed by atoms with van der Waals surface area (Å²) in [6, 6.07) is 7.29. The van der Waals surface area contributed by atoms with E-state index in [1.165, 1.54) is 30.5 Å². The van der Waals surface area contributed by atoms with E-state index in [1.807, 2.05) is 0 Å². The number of nitrogens with one attached hydrogen (secondary N) is 2. The zero-order valence-electron chi connectivity index (χ0n) is 14.4. The van der Waals surface area contributed by atoms with Crippen LogP contribution in [-0.4, -0.2) is 40.1 Å². The minimum atomic E-state index is -3.95. The molecule has 0 spiro atoms. The first-order chi connectivity index (χ1) is 12.9. The molecule has 2 heterocycles. The molecule has 1 aromatic heterocycles. The minimum Gasteiger partial charge on any atom is -0.468 e. The molecule has 10 heteroatoms. The third kappa shape index (κ3) is 3.90. The lowest BCUT2D eigenvalue weighted by atomic mass is 10.3. The SMILES string of the molecule is CCNC(=O)C(=O)NC[C@H](c1ccco1)S(=O)(=O)c1ccc2c(c1)OCO2. The average Bonchev–Trinajstić information content (AvgIpc) is 3.32. The summed E-state index contributed by atoms with van der Waals surface area (Å²) in [6.07, 6.45) is 1.34. The van der Waals surface area contributed by atoms with Crippen LogP contribution in [0.15, 0.2) is 45.9 Å². The fourth-order valence-corrected chi connectivity index (χ4v) is 4.16. The average molecular weight is 394 g/mol. The lowest BCUT2D eigenvalue weighted by Gasteiger charge is -2.16. The van der Waals surface area contributed by atoms with Crippen LogP contribution in [0.5, 0.6) is 11.5 Å². The van der Waals surface area contributed by atoms with Crippen LogP contribution in [0.3, 0.4) is 0 Å². The van der Waals surface area contributed by atoms with E-state index in [4.69, 9.17) is 13.9 Å². The van der Waals surface area contributed by atoms with E-state index in [9.17, 15) is 18.0 Å². The highest BCUT2D eigenvalue weighted by molar-refractivity contribution is 7.91. The number of fused-ring (bicyclic) bond motifs is 1. The normalized spacial score (nSPS) is 13.8. The summed E-state index contributed by atoms with van der Waals surface area (Å²) in [7, 11) is -3.95. The predicted molar refractivity (Wildman–Crippen MR) is 92.9 cm³/mol. The molecule has 1 aromatic carbocycles. The number of hydrogen-bond donors (Lipinski definition) is 2. The van der Waals surface area contributed by atoms with E-state index in [2.05, 4.69) is 10.6 Å². The Balaban J connectivity index is 1.86. The molecule has 27 heavy (non-hydrogen) atoms. The molecule has 0 aliphatic carbocycles. The number of sulfone groups is 1. The number of rotatable bonds is 6. The van der Waals surface area contributed by atoms with Gasteiger partial charge in [0.25, 0.3) is 0 Å². The van der Waals surface area contributed by atoms with Crippen molar-refractivity contribution in [3.8, 4) is 11.5 Å². The fourth-order valence-electron chi connectivity index (χ4n) is 2.56. The largest absolute Gasteiger partial charge is 0.468 e. The molecule has 0 saturated heterocycles. The summed E-state index contributed by atoms with van der Waals surface area (Å²) >= 11 is 0. The molecule has 2 N–H and O–H groups in total. The Morgan fingerprint density at radius 1 is 1.11 bits per heavy atom. The van der Waals surface area contributed by atoms with Gasteiger partial charge >= 0.3 is 11.8 Å². The van der Waals surface area contributed by atoms with Crippen molar-refractivity contribution in [3.05, 3.63) is 42.4 Å². The predicted octanol–water partition coefficient (Wildman–Crippen LogP) is 0.776. The van der Waals surface area contributed by atoms with Crippen LogP contribution >= 0.6 is 0 Å². The molecule has 2 amide bonds. The van der Waals surface area contributed by atoms with Gasteiger partial charge in [0.15, 0.2) is 21.3 Å². The van der Waals surface area contributed by atoms with Crippen molar-refractivity contribution >= 4 is 21.7 Å². The zero-order chi connectivity index (χ0) is 19.4.